The summed E-state index contributed by atoms with van der Waals surface area (Å²) in [6.07, 6.45) is 1.57. The van der Waals surface area contributed by atoms with E-state index in [0.717, 1.165) is 15.8 Å². The van der Waals surface area contributed by atoms with Gasteiger partial charge in [0, 0.05) is 4.47 Å². The Hall–Kier alpha value is -2.34. The molecule has 5 nitrogen and oxygen atoms in total. The number of carbonyl (C=O) groups excluding carboxylic acids is 1. The van der Waals surface area contributed by atoms with Crippen molar-refractivity contribution in [1.29, 1.82) is 0 Å². The largest absolute Gasteiger partial charge is 0.497 e. The Bertz CT molecular complexity index is 639. The summed E-state index contributed by atoms with van der Waals surface area (Å²) in [5.41, 5.74) is 3.30. The Balaban J connectivity index is 1.76. The number of halogens is 1. The maximum absolute atomic E-state index is 11.6. The van der Waals surface area contributed by atoms with Crippen molar-refractivity contribution in [2.45, 2.75) is 0 Å². The van der Waals surface area contributed by atoms with Gasteiger partial charge in [0.2, 0.25) is 0 Å². The molecule has 6 heteroatoms. The monoisotopic (exact) mass is 362 g/mol. The molecule has 0 saturated carbocycles. The Morgan fingerprint density at radius 2 is 1.77 bits per heavy atom. The van der Waals surface area contributed by atoms with Crippen LogP contribution in [0.1, 0.15) is 5.56 Å². The van der Waals surface area contributed by atoms with E-state index in [1.54, 1.807) is 37.6 Å². The number of rotatable bonds is 6. The summed E-state index contributed by atoms with van der Waals surface area (Å²) in [5, 5.41) is 3.87. The van der Waals surface area contributed by atoms with Gasteiger partial charge in [-0.2, -0.15) is 5.10 Å². The Kier molecular flexibility index (Phi) is 5.97. The van der Waals surface area contributed by atoms with E-state index < -0.39 is 0 Å². The molecule has 1 amide bonds. The molecule has 1 N–H and O–H groups in total. The molecule has 0 spiro atoms. The van der Waals surface area contributed by atoms with Crippen LogP contribution in [0.3, 0.4) is 0 Å². The maximum Gasteiger partial charge on any atom is 0.277 e. The molecule has 2 aromatic rings. The molecule has 0 aliphatic rings. The molecule has 0 heterocycles. The topological polar surface area (TPSA) is 59.9 Å². The van der Waals surface area contributed by atoms with Crippen molar-refractivity contribution >= 4 is 28.1 Å². The quantitative estimate of drug-likeness (QED) is 0.634. The van der Waals surface area contributed by atoms with E-state index in [-0.39, 0.29) is 12.5 Å². The van der Waals surface area contributed by atoms with Crippen molar-refractivity contribution in [3.8, 4) is 11.5 Å². The summed E-state index contributed by atoms with van der Waals surface area (Å²) >= 11 is 3.35. The first-order valence-electron chi connectivity index (χ1n) is 6.52. The van der Waals surface area contributed by atoms with E-state index in [1.165, 1.54) is 0 Å². The molecular weight excluding hydrogens is 348 g/mol. The first kappa shape index (κ1) is 16.0. The number of hydrogen-bond acceptors (Lipinski definition) is 4. The predicted molar refractivity (Wildman–Crippen MR) is 88.4 cm³/mol. The molecule has 0 aromatic heterocycles. The van der Waals surface area contributed by atoms with Gasteiger partial charge in [0.1, 0.15) is 11.5 Å². The van der Waals surface area contributed by atoms with Gasteiger partial charge in [-0.1, -0.05) is 28.1 Å². The van der Waals surface area contributed by atoms with Crippen molar-refractivity contribution in [2.24, 2.45) is 5.10 Å². The second kappa shape index (κ2) is 8.19. The summed E-state index contributed by atoms with van der Waals surface area (Å²) in [5.74, 6) is 0.993. The van der Waals surface area contributed by atoms with Gasteiger partial charge in [0.15, 0.2) is 6.61 Å². The smallest absolute Gasteiger partial charge is 0.277 e. The van der Waals surface area contributed by atoms with E-state index in [2.05, 4.69) is 26.5 Å². The minimum atomic E-state index is -0.329. The average Bonchev–Trinajstić information content (AvgIpc) is 2.55. The number of hydrazone groups is 1. The lowest BCUT2D eigenvalue weighted by Crippen LogP contribution is -2.24. The summed E-state index contributed by atoms with van der Waals surface area (Å²) in [6.45, 7) is -0.107. The molecule has 2 aromatic carbocycles. The molecule has 0 atom stereocenters. The summed E-state index contributed by atoms with van der Waals surface area (Å²) in [7, 11) is 1.59. The van der Waals surface area contributed by atoms with Gasteiger partial charge in [-0.3, -0.25) is 4.79 Å². The number of carbonyl (C=O) groups is 1. The fourth-order valence-corrected chi connectivity index (χ4v) is 1.85. The highest BCUT2D eigenvalue weighted by atomic mass is 79.9. The van der Waals surface area contributed by atoms with E-state index in [0.29, 0.717) is 5.75 Å². The molecule has 0 fully saturated rings. The highest BCUT2D eigenvalue weighted by Crippen LogP contribution is 2.16. The number of ether oxygens (including phenoxy) is 2. The molecule has 22 heavy (non-hydrogen) atoms. The van der Waals surface area contributed by atoms with Crippen LogP contribution in [0, 0.1) is 0 Å². The Morgan fingerprint density at radius 1 is 1.14 bits per heavy atom. The molecule has 0 aliphatic heterocycles. The SMILES string of the molecule is COc1ccc(OCC(=O)N/N=C/c2ccc(Br)cc2)cc1. The summed E-state index contributed by atoms with van der Waals surface area (Å²) < 4.78 is 11.4. The van der Waals surface area contributed by atoms with Crippen LogP contribution in [0.2, 0.25) is 0 Å². The Labute approximate surface area is 137 Å². The van der Waals surface area contributed by atoms with Gasteiger partial charge in [-0.25, -0.2) is 5.43 Å². The second-order valence-corrected chi connectivity index (χ2v) is 5.22. The third kappa shape index (κ3) is 5.21. The highest BCUT2D eigenvalue weighted by Gasteiger charge is 2.01. The standard InChI is InChI=1S/C16H15BrN2O3/c1-21-14-6-8-15(9-7-14)22-11-16(20)19-18-10-12-2-4-13(17)5-3-12/h2-10H,11H2,1H3,(H,19,20)/b18-10+. The number of benzene rings is 2. The third-order valence-electron chi connectivity index (χ3n) is 2.70. The lowest BCUT2D eigenvalue weighted by Gasteiger charge is -2.05. The molecule has 0 unspecified atom stereocenters. The molecule has 0 aliphatic carbocycles. The number of nitrogens with one attached hydrogen (secondary N) is 1. The van der Waals surface area contributed by atoms with Gasteiger partial charge in [-0.15, -0.1) is 0 Å². The van der Waals surface area contributed by atoms with Crippen molar-refractivity contribution in [2.75, 3.05) is 13.7 Å². The molecule has 0 radical (unpaired) electrons. The van der Waals surface area contributed by atoms with E-state index in [9.17, 15) is 4.79 Å². The predicted octanol–water partition coefficient (Wildman–Crippen LogP) is 2.99. The van der Waals surface area contributed by atoms with Gasteiger partial charge >= 0.3 is 0 Å². The zero-order valence-corrected chi connectivity index (χ0v) is 13.5. The molecule has 114 valence electrons. The van der Waals surface area contributed by atoms with Crippen molar-refractivity contribution < 1.29 is 14.3 Å². The highest BCUT2D eigenvalue weighted by molar-refractivity contribution is 9.10. The van der Waals surface area contributed by atoms with Crippen LogP contribution >= 0.6 is 15.9 Å². The Morgan fingerprint density at radius 3 is 2.41 bits per heavy atom. The lowest BCUT2D eigenvalue weighted by atomic mass is 10.2. The average molecular weight is 363 g/mol. The van der Waals surface area contributed by atoms with E-state index >= 15 is 0 Å². The maximum atomic E-state index is 11.6. The normalized spacial score (nSPS) is 10.5. The minimum absolute atomic E-state index is 0.107. The molecule has 0 saturated heterocycles. The van der Waals surface area contributed by atoms with Crippen molar-refractivity contribution in [3.63, 3.8) is 0 Å². The summed E-state index contributed by atoms with van der Waals surface area (Å²) in [4.78, 5) is 11.6. The fraction of sp³-hybridized carbons (Fsp3) is 0.125. The van der Waals surface area contributed by atoms with Crippen LogP contribution in [0.25, 0.3) is 0 Å². The molecular formula is C16H15BrN2O3. The van der Waals surface area contributed by atoms with Crippen LogP contribution in [0.4, 0.5) is 0 Å². The zero-order chi connectivity index (χ0) is 15.8. The first-order chi connectivity index (χ1) is 10.7. The van der Waals surface area contributed by atoms with Gasteiger partial charge in [-0.05, 0) is 42.0 Å². The van der Waals surface area contributed by atoms with Gasteiger partial charge in [0.05, 0.1) is 13.3 Å². The van der Waals surface area contributed by atoms with Crippen LogP contribution in [0.5, 0.6) is 11.5 Å². The van der Waals surface area contributed by atoms with Crippen LogP contribution in [0.15, 0.2) is 58.1 Å². The molecule has 2 rings (SSSR count). The second-order valence-electron chi connectivity index (χ2n) is 4.31. The van der Waals surface area contributed by atoms with Crippen molar-refractivity contribution in [3.05, 3.63) is 58.6 Å². The number of hydrogen-bond donors (Lipinski definition) is 1. The van der Waals surface area contributed by atoms with Crippen LogP contribution in [-0.4, -0.2) is 25.8 Å². The minimum Gasteiger partial charge on any atom is -0.497 e. The van der Waals surface area contributed by atoms with Crippen LogP contribution in [-0.2, 0) is 4.79 Å². The van der Waals surface area contributed by atoms with Gasteiger partial charge in [0.25, 0.3) is 5.91 Å². The number of amides is 1. The van der Waals surface area contributed by atoms with Crippen LogP contribution < -0.4 is 14.9 Å². The lowest BCUT2D eigenvalue weighted by molar-refractivity contribution is -0.123. The van der Waals surface area contributed by atoms with E-state index in [1.807, 2.05) is 24.3 Å². The van der Waals surface area contributed by atoms with Crippen molar-refractivity contribution in [1.82, 2.24) is 5.43 Å². The van der Waals surface area contributed by atoms with Gasteiger partial charge < -0.3 is 9.47 Å². The number of methoxy groups -OCH3 is 1. The first-order valence-corrected chi connectivity index (χ1v) is 7.31. The third-order valence-corrected chi connectivity index (χ3v) is 3.23. The number of nitrogens with zero attached hydrogens (tertiary/aromatic N) is 1. The molecule has 0 bridgehead atoms. The van der Waals surface area contributed by atoms with E-state index in [4.69, 9.17) is 9.47 Å². The summed E-state index contributed by atoms with van der Waals surface area (Å²) in [6, 6.07) is 14.6. The fourth-order valence-electron chi connectivity index (χ4n) is 1.58. The zero-order valence-electron chi connectivity index (χ0n) is 12.0.